The Bertz CT molecular complexity index is 1080. The summed E-state index contributed by atoms with van der Waals surface area (Å²) in [6.45, 7) is 4.21. The molecule has 0 radical (unpaired) electrons. The van der Waals surface area contributed by atoms with Gasteiger partial charge in [-0.2, -0.15) is 14.7 Å². The predicted molar refractivity (Wildman–Crippen MR) is 101 cm³/mol. The number of nitrogens with zero attached hydrogens (tertiary/aromatic N) is 6. The van der Waals surface area contributed by atoms with Gasteiger partial charge in [0.2, 0.25) is 0 Å². The zero-order valence-corrected chi connectivity index (χ0v) is 15.3. The first-order valence-electron chi connectivity index (χ1n) is 8.74. The van der Waals surface area contributed by atoms with E-state index in [-0.39, 0.29) is 17.8 Å². The normalized spacial score (nSPS) is 12.6. The highest BCUT2D eigenvalue weighted by Crippen LogP contribution is 2.28. The number of nitrogens with one attached hydrogen (secondary N) is 1. The highest BCUT2D eigenvalue weighted by molar-refractivity contribution is 5.67. The van der Waals surface area contributed by atoms with Gasteiger partial charge in [-0.05, 0) is 18.1 Å². The summed E-state index contributed by atoms with van der Waals surface area (Å²) in [7, 11) is 1.86. The van der Waals surface area contributed by atoms with Crippen LogP contribution in [0.2, 0.25) is 0 Å². The fraction of sp³-hybridized carbons (Fsp3) is 0.263. The fourth-order valence-corrected chi connectivity index (χ4v) is 3.10. The van der Waals surface area contributed by atoms with Gasteiger partial charge in [-0.1, -0.05) is 26.0 Å². The summed E-state index contributed by atoms with van der Waals surface area (Å²) in [5, 5.41) is 12.0. The molecule has 0 saturated heterocycles. The molecule has 3 heterocycles. The van der Waals surface area contributed by atoms with E-state index in [4.69, 9.17) is 0 Å². The van der Waals surface area contributed by atoms with Crippen LogP contribution in [0.25, 0.3) is 16.9 Å². The van der Waals surface area contributed by atoms with Crippen molar-refractivity contribution in [2.45, 2.75) is 19.9 Å². The van der Waals surface area contributed by atoms with Crippen molar-refractivity contribution in [3.63, 3.8) is 0 Å². The molecule has 7 nitrogen and oxygen atoms in total. The molecule has 4 aromatic rings. The zero-order chi connectivity index (χ0) is 19.0. The van der Waals surface area contributed by atoms with Gasteiger partial charge in [-0.15, -0.1) is 0 Å². The Balaban J connectivity index is 1.82. The summed E-state index contributed by atoms with van der Waals surface area (Å²) in [5.41, 5.74) is 1.63. The molecule has 1 N–H and O–H groups in total. The van der Waals surface area contributed by atoms with E-state index in [1.165, 1.54) is 12.4 Å². The fourth-order valence-electron chi connectivity index (χ4n) is 3.10. The quantitative estimate of drug-likeness (QED) is 0.586. The van der Waals surface area contributed by atoms with Crippen LogP contribution in [-0.2, 0) is 7.05 Å². The lowest BCUT2D eigenvalue weighted by Crippen LogP contribution is -2.22. The highest BCUT2D eigenvalue weighted by Gasteiger charge is 2.22. The number of benzene rings is 1. The highest BCUT2D eigenvalue weighted by atomic mass is 19.1. The Kier molecular flexibility index (Phi) is 4.31. The molecule has 0 unspecified atom stereocenters. The third kappa shape index (κ3) is 3.14. The molecule has 0 aliphatic rings. The van der Waals surface area contributed by atoms with E-state index in [1.54, 1.807) is 39.7 Å². The molecule has 4 rings (SSSR count). The van der Waals surface area contributed by atoms with E-state index in [0.717, 1.165) is 5.82 Å². The van der Waals surface area contributed by atoms with E-state index in [1.807, 2.05) is 13.1 Å². The van der Waals surface area contributed by atoms with Gasteiger partial charge in [0.25, 0.3) is 0 Å². The Labute approximate surface area is 155 Å². The third-order valence-corrected chi connectivity index (χ3v) is 4.50. The number of fused-ring (bicyclic) bond motifs is 1. The number of aromatic nitrogens is 6. The molecule has 1 atom stereocenters. The number of hydrogen-bond acceptors (Lipinski definition) is 5. The van der Waals surface area contributed by atoms with Crippen LogP contribution in [0.3, 0.4) is 0 Å². The van der Waals surface area contributed by atoms with Crippen molar-refractivity contribution < 1.29 is 4.39 Å². The smallest absolute Gasteiger partial charge is 0.157 e. The van der Waals surface area contributed by atoms with Gasteiger partial charge in [0.1, 0.15) is 23.8 Å². The van der Waals surface area contributed by atoms with E-state index in [9.17, 15) is 4.39 Å². The number of rotatable bonds is 5. The van der Waals surface area contributed by atoms with Gasteiger partial charge in [-0.25, -0.2) is 14.4 Å². The maximum absolute atomic E-state index is 14.3. The van der Waals surface area contributed by atoms with Gasteiger partial charge >= 0.3 is 0 Å². The van der Waals surface area contributed by atoms with Gasteiger partial charge < -0.3 is 5.32 Å². The van der Waals surface area contributed by atoms with Crippen LogP contribution in [0.5, 0.6) is 0 Å². The van der Waals surface area contributed by atoms with E-state index in [2.05, 4.69) is 39.3 Å². The summed E-state index contributed by atoms with van der Waals surface area (Å²) < 4.78 is 17.7. The molecule has 0 amide bonds. The number of halogens is 1. The van der Waals surface area contributed by atoms with Crippen LogP contribution >= 0.6 is 0 Å². The second-order valence-electron chi connectivity index (χ2n) is 6.72. The lowest BCUT2D eigenvalue weighted by molar-refractivity contribution is 0.495. The zero-order valence-electron chi connectivity index (χ0n) is 15.3. The molecular weight excluding hydrogens is 345 g/mol. The first kappa shape index (κ1) is 17.1. The van der Waals surface area contributed by atoms with E-state index >= 15 is 0 Å². The molecule has 0 bridgehead atoms. The molecule has 138 valence electrons. The topological polar surface area (TPSA) is 72.9 Å². The molecule has 0 spiro atoms. The molecule has 3 aromatic heterocycles. The van der Waals surface area contributed by atoms with Crippen LogP contribution in [0, 0.1) is 11.7 Å². The van der Waals surface area contributed by atoms with Crippen LogP contribution in [0.15, 0.2) is 48.9 Å². The first-order valence-corrected chi connectivity index (χ1v) is 8.74. The van der Waals surface area contributed by atoms with Gasteiger partial charge in [0.15, 0.2) is 5.65 Å². The summed E-state index contributed by atoms with van der Waals surface area (Å²) in [5.74, 6) is 1.46. The molecular formula is C19H20FN7. The second kappa shape index (κ2) is 6.79. The maximum atomic E-state index is 14.3. The second-order valence-corrected chi connectivity index (χ2v) is 6.72. The summed E-state index contributed by atoms with van der Waals surface area (Å²) in [6, 6.07) is 10.1. The molecule has 27 heavy (non-hydrogen) atoms. The SMILES string of the molecule is CC(C)[C@H](Nc1cc(-c2ccccc2F)nc2ccnn12)c1ncnn1C. The van der Waals surface area contributed by atoms with Crippen molar-refractivity contribution in [2.24, 2.45) is 13.0 Å². The number of anilines is 1. The van der Waals surface area contributed by atoms with Gasteiger partial charge in [0.05, 0.1) is 17.9 Å². The summed E-state index contributed by atoms with van der Waals surface area (Å²) in [6.07, 6.45) is 3.21. The molecule has 0 saturated carbocycles. The van der Waals surface area contributed by atoms with Gasteiger partial charge in [0, 0.05) is 24.7 Å². The Morgan fingerprint density at radius 3 is 2.63 bits per heavy atom. The van der Waals surface area contributed by atoms with Crippen molar-refractivity contribution in [1.29, 1.82) is 0 Å². The lowest BCUT2D eigenvalue weighted by Gasteiger charge is -2.23. The van der Waals surface area contributed by atoms with Crippen LogP contribution < -0.4 is 5.32 Å². The van der Waals surface area contributed by atoms with Crippen molar-refractivity contribution >= 4 is 11.5 Å². The third-order valence-electron chi connectivity index (χ3n) is 4.50. The largest absolute Gasteiger partial charge is 0.360 e. The van der Waals surface area contributed by atoms with E-state index in [0.29, 0.717) is 22.7 Å². The first-order chi connectivity index (χ1) is 13.0. The minimum atomic E-state index is -0.312. The summed E-state index contributed by atoms with van der Waals surface area (Å²) in [4.78, 5) is 8.93. The lowest BCUT2D eigenvalue weighted by atomic mass is 10.0. The Morgan fingerprint density at radius 2 is 1.93 bits per heavy atom. The molecule has 0 fully saturated rings. The van der Waals surface area contributed by atoms with Crippen molar-refractivity contribution in [2.75, 3.05) is 5.32 Å². The number of aryl methyl sites for hydroxylation is 1. The Morgan fingerprint density at radius 1 is 1.11 bits per heavy atom. The Hall–Kier alpha value is -3.29. The molecule has 0 aliphatic carbocycles. The van der Waals surface area contributed by atoms with E-state index < -0.39 is 0 Å². The molecule has 8 heteroatoms. The van der Waals surface area contributed by atoms with Gasteiger partial charge in [-0.3, -0.25) is 4.68 Å². The van der Waals surface area contributed by atoms with Crippen molar-refractivity contribution in [3.8, 4) is 11.3 Å². The monoisotopic (exact) mass is 365 g/mol. The summed E-state index contributed by atoms with van der Waals surface area (Å²) >= 11 is 0. The number of hydrogen-bond donors (Lipinski definition) is 1. The average molecular weight is 365 g/mol. The molecule has 1 aromatic carbocycles. The standard InChI is InChI=1S/C19H20FN7/c1-12(2)18(19-21-11-23-26(19)3)25-17-10-15(13-6-4-5-7-14(13)20)24-16-8-9-22-27(16)17/h4-12,18,25H,1-3H3/t18-/m0/s1. The van der Waals surface area contributed by atoms with Crippen LogP contribution in [-0.4, -0.2) is 29.4 Å². The van der Waals surface area contributed by atoms with Crippen LogP contribution in [0.4, 0.5) is 10.2 Å². The van der Waals surface area contributed by atoms with Crippen molar-refractivity contribution in [1.82, 2.24) is 29.4 Å². The minimum Gasteiger partial charge on any atom is -0.360 e. The molecule has 0 aliphatic heterocycles. The predicted octanol–water partition coefficient (Wildman–Crippen LogP) is 3.47. The van der Waals surface area contributed by atoms with Crippen molar-refractivity contribution in [3.05, 3.63) is 60.6 Å². The maximum Gasteiger partial charge on any atom is 0.157 e. The average Bonchev–Trinajstić information content (AvgIpc) is 3.28. The minimum absolute atomic E-state index is 0.0965. The van der Waals surface area contributed by atoms with Crippen LogP contribution in [0.1, 0.15) is 25.7 Å².